The van der Waals surface area contributed by atoms with Crippen LogP contribution in [0.4, 0.5) is 16.3 Å². The second kappa shape index (κ2) is 9.78. The lowest BCUT2D eigenvalue weighted by Gasteiger charge is -2.12. The molecule has 0 radical (unpaired) electrons. The number of urea groups is 1. The molecule has 3 N–H and O–H groups in total. The molecule has 0 aliphatic carbocycles. The van der Waals surface area contributed by atoms with Crippen molar-refractivity contribution in [3.63, 3.8) is 0 Å². The molecule has 0 bridgehead atoms. The molecule has 2 aromatic rings. The molecular weight excluding hydrogens is 344 g/mol. The Kier molecular flexibility index (Phi) is 6.87. The lowest BCUT2D eigenvalue weighted by Crippen LogP contribution is -2.32. The van der Waals surface area contributed by atoms with Crippen molar-refractivity contribution in [3.05, 3.63) is 48.2 Å². The molecule has 2 heterocycles. The zero-order valence-electron chi connectivity index (χ0n) is 15.5. The third-order valence-corrected chi connectivity index (χ3v) is 4.28. The number of rotatable bonds is 8. The number of hydrogen-bond acceptors (Lipinski definition) is 5. The molecule has 0 spiro atoms. The summed E-state index contributed by atoms with van der Waals surface area (Å²) in [7, 11) is 0. The summed E-state index contributed by atoms with van der Waals surface area (Å²) in [4.78, 5) is 16.2. The minimum atomic E-state index is -0.248. The number of aromatic nitrogens is 1. The number of carbonyl (C=O) groups excluding carboxylic acids is 1. The first kappa shape index (κ1) is 19.0. The van der Waals surface area contributed by atoms with E-state index in [4.69, 9.17) is 9.47 Å². The first-order valence-corrected chi connectivity index (χ1v) is 9.25. The number of amides is 2. The molecule has 0 unspecified atom stereocenters. The van der Waals surface area contributed by atoms with E-state index in [0.29, 0.717) is 25.4 Å². The molecule has 144 valence electrons. The van der Waals surface area contributed by atoms with E-state index in [9.17, 15) is 4.79 Å². The molecule has 7 heteroatoms. The molecule has 3 rings (SSSR count). The standard InChI is InChI=1S/C20H26N4O3/c1-15-4-2-10-21-19(15)22-11-12-23-20(25)24-16-6-8-17(9-7-16)27-14-18-5-3-13-26-18/h2,4,6-10,18H,3,5,11-14H2,1H3,(H,21,22)(H2,23,24,25)/t18-/m1/s1. The average molecular weight is 370 g/mol. The Hall–Kier alpha value is -2.80. The maximum absolute atomic E-state index is 12.0. The number of aryl methyl sites for hydroxylation is 1. The third kappa shape index (κ3) is 6.14. The fourth-order valence-corrected chi connectivity index (χ4v) is 2.80. The van der Waals surface area contributed by atoms with Gasteiger partial charge in [0.05, 0.1) is 6.10 Å². The fourth-order valence-electron chi connectivity index (χ4n) is 2.80. The van der Waals surface area contributed by atoms with Gasteiger partial charge in [0, 0.05) is 31.6 Å². The van der Waals surface area contributed by atoms with Crippen molar-refractivity contribution in [1.29, 1.82) is 0 Å². The van der Waals surface area contributed by atoms with Crippen LogP contribution >= 0.6 is 0 Å². The van der Waals surface area contributed by atoms with Crippen LogP contribution in [0.25, 0.3) is 0 Å². The van der Waals surface area contributed by atoms with Gasteiger partial charge in [-0.1, -0.05) is 6.07 Å². The van der Waals surface area contributed by atoms with E-state index in [1.54, 1.807) is 6.20 Å². The van der Waals surface area contributed by atoms with Gasteiger partial charge in [-0.2, -0.15) is 0 Å². The Morgan fingerprint density at radius 3 is 2.85 bits per heavy atom. The van der Waals surface area contributed by atoms with Crippen molar-refractivity contribution in [2.45, 2.75) is 25.9 Å². The predicted molar refractivity (Wildman–Crippen MR) is 105 cm³/mol. The molecular formula is C20H26N4O3. The van der Waals surface area contributed by atoms with Gasteiger partial charge in [-0.25, -0.2) is 9.78 Å². The average Bonchev–Trinajstić information content (AvgIpc) is 3.20. The number of ether oxygens (including phenoxy) is 2. The van der Waals surface area contributed by atoms with Crippen molar-refractivity contribution >= 4 is 17.5 Å². The summed E-state index contributed by atoms with van der Waals surface area (Å²) in [5, 5.41) is 8.81. The Morgan fingerprint density at radius 2 is 2.11 bits per heavy atom. The molecule has 1 fully saturated rings. The number of nitrogens with one attached hydrogen (secondary N) is 3. The van der Waals surface area contributed by atoms with Crippen LogP contribution in [0.5, 0.6) is 5.75 Å². The molecule has 27 heavy (non-hydrogen) atoms. The van der Waals surface area contributed by atoms with Crippen molar-refractivity contribution in [3.8, 4) is 5.75 Å². The Bertz CT molecular complexity index is 730. The molecule has 1 aromatic carbocycles. The highest BCUT2D eigenvalue weighted by Gasteiger charge is 2.15. The first-order valence-electron chi connectivity index (χ1n) is 9.25. The molecule has 1 aliphatic heterocycles. The van der Waals surface area contributed by atoms with Gasteiger partial charge in [0.25, 0.3) is 0 Å². The SMILES string of the molecule is Cc1cccnc1NCCNC(=O)Nc1ccc(OC[C@H]2CCCO2)cc1. The zero-order valence-corrected chi connectivity index (χ0v) is 15.5. The van der Waals surface area contributed by atoms with E-state index in [1.165, 1.54) is 0 Å². The van der Waals surface area contributed by atoms with Crippen LogP contribution in [-0.2, 0) is 4.74 Å². The van der Waals surface area contributed by atoms with Crippen molar-refractivity contribution < 1.29 is 14.3 Å². The summed E-state index contributed by atoms with van der Waals surface area (Å²) < 4.78 is 11.2. The number of hydrogen-bond donors (Lipinski definition) is 3. The molecule has 1 aliphatic rings. The normalized spacial score (nSPS) is 16.0. The minimum absolute atomic E-state index is 0.192. The number of pyridine rings is 1. The maximum atomic E-state index is 12.0. The topological polar surface area (TPSA) is 84.5 Å². The zero-order chi connectivity index (χ0) is 18.9. The largest absolute Gasteiger partial charge is 0.491 e. The Morgan fingerprint density at radius 1 is 1.26 bits per heavy atom. The smallest absolute Gasteiger partial charge is 0.319 e. The highest BCUT2D eigenvalue weighted by Crippen LogP contribution is 2.18. The predicted octanol–water partition coefficient (Wildman–Crippen LogP) is 3.18. The number of carbonyl (C=O) groups is 1. The summed E-state index contributed by atoms with van der Waals surface area (Å²) in [6.45, 7) is 4.47. The lowest BCUT2D eigenvalue weighted by atomic mass is 10.2. The molecule has 7 nitrogen and oxygen atoms in total. The number of anilines is 2. The van der Waals surface area contributed by atoms with Crippen LogP contribution < -0.4 is 20.7 Å². The molecule has 1 atom stereocenters. The second-order valence-electron chi connectivity index (χ2n) is 6.45. The summed E-state index contributed by atoms with van der Waals surface area (Å²) >= 11 is 0. The van der Waals surface area contributed by atoms with Gasteiger partial charge in [-0.15, -0.1) is 0 Å². The molecule has 2 amide bonds. The van der Waals surface area contributed by atoms with Gasteiger partial charge in [-0.05, 0) is 55.7 Å². The highest BCUT2D eigenvalue weighted by atomic mass is 16.5. The molecule has 0 saturated carbocycles. The van der Waals surface area contributed by atoms with Crippen LogP contribution in [0.1, 0.15) is 18.4 Å². The summed E-state index contributed by atoms with van der Waals surface area (Å²) in [6.07, 6.45) is 4.08. The summed E-state index contributed by atoms with van der Waals surface area (Å²) in [6, 6.07) is 11.0. The van der Waals surface area contributed by atoms with Crippen LogP contribution in [0, 0.1) is 6.92 Å². The first-order chi connectivity index (χ1) is 13.2. The van der Waals surface area contributed by atoms with Gasteiger partial charge < -0.3 is 25.4 Å². The molecule has 1 aromatic heterocycles. The van der Waals surface area contributed by atoms with E-state index < -0.39 is 0 Å². The van der Waals surface area contributed by atoms with Crippen LogP contribution in [-0.4, -0.2) is 43.4 Å². The third-order valence-electron chi connectivity index (χ3n) is 4.28. The fraction of sp³-hybridized carbons (Fsp3) is 0.400. The summed E-state index contributed by atoms with van der Waals surface area (Å²) in [5.74, 6) is 1.60. The monoisotopic (exact) mass is 370 g/mol. The highest BCUT2D eigenvalue weighted by molar-refractivity contribution is 5.89. The van der Waals surface area contributed by atoms with Gasteiger partial charge in [-0.3, -0.25) is 0 Å². The second-order valence-corrected chi connectivity index (χ2v) is 6.45. The minimum Gasteiger partial charge on any atom is -0.491 e. The van der Waals surface area contributed by atoms with Crippen molar-refractivity contribution in [2.24, 2.45) is 0 Å². The lowest BCUT2D eigenvalue weighted by molar-refractivity contribution is 0.0679. The van der Waals surface area contributed by atoms with Crippen molar-refractivity contribution in [2.75, 3.05) is 36.9 Å². The maximum Gasteiger partial charge on any atom is 0.319 e. The summed E-state index contributed by atoms with van der Waals surface area (Å²) in [5.41, 5.74) is 1.79. The van der Waals surface area contributed by atoms with Gasteiger partial charge in [0.15, 0.2) is 0 Å². The van der Waals surface area contributed by atoms with Crippen LogP contribution in [0.2, 0.25) is 0 Å². The quantitative estimate of drug-likeness (QED) is 0.622. The van der Waals surface area contributed by atoms with E-state index in [1.807, 2.05) is 43.3 Å². The Labute approximate surface area is 159 Å². The van der Waals surface area contributed by atoms with Crippen LogP contribution in [0.15, 0.2) is 42.6 Å². The Balaban J connectivity index is 1.34. The van der Waals surface area contributed by atoms with E-state index in [2.05, 4.69) is 20.9 Å². The van der Waals surface area contributed by atoms with Gasteiger partial charge in [0.1, 0.15) is 18.2 Å². The molecule has 1 saturated heterocycles. The number of benzene rings is 1. The van der Waals surface area contributed by atoms with Crippen LogP contribution in [0.3, 0.4) is 0 Å². The van der Waals surface area contributed by atoms with E-state index >= 15 is 0 Å². The van der Waals surface area contributed by atoms with Gasteiger partial charge in [0.2, 0.25) is 0 Å². The van der Waals surface area contributed by atoms with Crippen molar-refractivity contribution in [1.82, 2.24) is 10.3 Å². The number of nitrogens with zero attached hydrogens (tertiary/aromatic N) is 1. The van der Waals surface area contributed by atoms with E-state index in [0.717, 1.165) is 36.6 Å². The van der Waals surface area contributed by atoms with E-state index in [-0.39, 0.29) is 12.1 Å². The van der Waals surface area contributed by atoms with Gasteiger partial charge >= 0.3 is 6.03 Å².